The maximum atomic E-state index is 13.7. The van der Waals surface area contributed by atoms with Crippen molar-refractivity contribution in [3.63, 3.8) is 0 Å². The van der Waals surface area contributed by atoms with E-state index < -0.39 is 0 Å². The average Bonchev–Trinajstić information content (AvgIpc) is 3.55. The molecule has 2 amide bonds. The Hall–Kier alpha value is -2.40. The molecule has 3 saturated carbocycles. The van der Waals surface area contributed by atoms with Crippen molar-refractivity contribution >= 4 is 23.2 Å². The second kappa shape index (κ2) is 9.41. The minimum absolute atomic E-state index is 0.129. The number of rotatable bonds is 5. The Balaban J connectivity index is 1.27. The molecule has 3 fully saturated rings. The van der Waals surface area contributed by atoms with Crippen LogP contribution in [0.5, 0.6) is 0 Å². The van der Waals surface area contributed by atoms with Crippen molar-refractivity contribution in [1.29, 1.82) is 0 Å². The zero-order chi connectivity index (χ0) is 25.8. The van der Waals surface area contributed by atoms with Crippen LogP contribution in [-0.4, -0.2) is 17.9 Å². The van der Waals surface area contributed by atoms with Crippen molar-refractivity contribution in [2.45, 2.75) is 84.2 Å². The lowest BCUT2D eigenvalue weighted by Gasteiger charge is -2.58. The van der Waals surface area contributed by atoms with Crippen LogP contribution in [0.3, 0.4) is 0 Å². The van der Waals surface area contributed by atoms with Gasteiger partial charge < -0.3 is 10.6 Å². The lowest BCUT2D eigenvalue weighted by Crippen LogP contribution is -2.60. The Morgan fingerprint density at radius 2 is 1.89 bits per heavy atom. The van der Waals surface area contributed by atoms with Crippen molar-refractivity contribution in [2.24, 2.45) is 28.6 Å². The molecule has 6 rings (SSSR count). The predicted molar refractivity (Wildman–Crippen MR) is 149 cm³/mol. The number of aryl methyl sites for hydroxylation is 1. The fourth-order valence-corrected chi connectivity index (χ4v) is 9.29. The number of carbonyl (C=O) groups excluding carboxylic acids is 2. The van der Waals surface area contributed by atoms with Crippen molar-refractivity contribution in [2.75, 3.05) is 0 Å². The lowest BCUT2D eigenvalue weighted by atomic mass is 9.48. The van der Waals surface area contributed by atoms with Gasteiger partial charge in [-0.15, -0.1) is 11.3 Å². The van der Waals surface area contributed by atoms with Crippen molar-refractivity contribution in [3.8, 4) is 0 Å². The van der Waals surface area contributed by atoms with E-state index in [-0.39, 0.29) is 29.3 Å². The molecular formula is C32H40N2O2S. The number of fused-ring (bicyclic) bond motifs is 5. The molecule has 2 unspecified atom stereocenters. The summed E-state index contributed by atoms with van der Waals surface area (Å²) in [6, 6.07) is 12.5. The monoisotopic (exact) mass is 516 g/mol. The number of carbonyl (C=O) groups is 2. The first kappa shape index (κ1) is 24.9. The summed E-state index contributed by atoms with van der Waals surface area (Å²) < 4.78 is 0. The van der Waals surface area contributed by atoms with Gasteiger partial charge in [-0.1, -0.05) is 62.2 Å². The fourth-order valence-electron chi connectivity index (χ4n) is 8.51. The Bertz CT molecular complexity index is 1200. The van der Waals surface area contributed by atoms with Gasteiger partial charge in [0, 0.05) is 16.3 Å². The van der Waals surface area contributed by atoms with Gasteiger partial charge in [-0.25, -0.2) is 0 Å². The van der Waals surface area contributed by atoms with Gasteiger partial charge in [-0.2, -0.15) is 0 Å². The molecule has 1 aliphatic heterocycles. The fraction of sp³-hybridized carbons (Fsp3) is 0.562. The van der Waals surface area contributed by atoms with Crippen LogP contribution in [0.25, 0.3) is 0 Å². The molecule has 37 heavy (non-hydrogen) atoms. The number of thiophene rings is 1. The quantitative estimate of drug-likeness (QED) is 0.445. The zero-order valence-electron chi connectivity index (χ0n) is 22.4. The molecule has 0 spiro atoms. The molecule has 0 radical (unpaired) electrons. The van der Waals surface area contributed by atoms with Gasteiger partial charge in [0.1, 0.15) is 5.57 Å². The van der Waals surface area contributed by atoms with Crippen molar-refractivity contribution in [1.82, 2.24) is 10.6 Å². The van der Waals surface area contributed by atoms with Gasteiger partial charge in [0.15, 0.2) is 0 Å². The summed E-state index contributed by atoms with van der Waals surface area (Å²) in [5.41, 5.74) is 3.04. The highest BCUT2D eigenvalue weighted by atomic mass is 32.1. The van der Waals surface area contributed by atoms with Crippen LogP contribution >= 0.6 is 11.3 Å². The SMILES string of the molecule is Cc1ccc(CC(NC(=O)C2=C[C@@]3(C)C(CC[C@@H]4[C@H]3CC[C@]3(C)CCC[C@@H]43)NC2=O)c2cccs2)cc1. The molecule has 2 N–H and O–H groups in total. The minimum atomic E-state index is -0.244. The molecule has 0 saturated heterocycles. The van der Waals surface area contributed by atoms with Crippen LogP contribution in [0.1, 0.15) is 80.8 Å². The van der Waals surface area contributed by atoms with Gasteiger partial charge in [-0.05, 0) is 92.0 Å². The highest BCUT2D eigenvalue weighted by molar-refractivity contribution is 7.10. The topological polar surface area (TPSA) is 58.2 Å². The Morgan fingerprint density at radius 3 is 2.65 bits per heavy atom. The van der Waals surface area contributed by atoms with E-state index in [1.807, 2.05) is 11.4 Å². The van der Waals surface area contributed by atoms with E-state index in [1.54, 1.807) is 11.3 Å². The van der Waals surface area contributed by atoms with E-state index in [1.165, 1.54) is 49.7 Å². The van der Waals surface area contributed by atoms with Crippen LogP contribution in [0, 0.1) is 35.5 Å². The molecule has 1 aromatic carbocycles. The van der Waals surface area contributed by atoms with Gasteiger partial charge in [0.2, 0.25) is 0 Å². The summed E-state index contributed by atoms with van der Waals surface area (Å²) in [5, 5.41) is 8.59. The number of benzene rings is 1. The molecule has 196 valence electrons. The molecule has 2 heterocycles. The average molecular weight is 517 g/mol. The van der Waals surface area contributed by atoms with E-state index in [2.05, 4.69) is 67.8 Å². The van der Waals surface area contributed by atoms with E-state index in [0.717, 1.165) is 17.2 Å². The first-order valence-corrected chi connectivity index (χ1v) is 15.1. The molecule has 5 heteroatoms. The first-order chi connectivity index (χ1) is 17.8. The second-order valence-electron chi connectivity index (χ2n) is 12.7. The molecule has 0 bridgehead atoms. The zero-order valence-corrected chi connectivity index (χ0v) is 23.2. The van der Waals surface area contributed by atoms with Gasteiger partial charge in [0.05, 0.1) is 6.04 Å². The van der Waals surface area contributed by atoms with E-state index in [4.69, 9.17) is 0 Å². The summed E-state index contributed by atoms with van der Waals surface area (Å²) in [7, 11) is 0. The van der Waals surface area contributed by atoms with Crippen LogP contribution in [0.2, 0.25) is 0 Å². The maximum Gasteiger partial charge on any atom is 0.257 e. The molecule has 1 aromatic heterocycles. The number of nitrogens with one attached hydrogen (secondary N) is 2. The molecular weight excluding hydrogens is 476 g/mol. The minimum Gasteiger partial charge on any atom is -0.348 e. The highest BCUT2D eigenvalue weighted by Crippen LogP contribution is 2.63. The smallest absolute Gasteiger partial charge is 0.257 e. The van der Waals surface area contributed by atoms with Gasteiger partial charge in [-0.3, -0.25) is 9.59 Å². The normalized spacial score (nSPS) is 35.4. The molecule has 4 aliphatic rings. The lowest BCUT2D eigenvalue weighted by molar-refractivity contribution is -0.128. The predicted octanol–water partition coefficient (Wildman–Crippen LogP) is 6.51. The Kier molecular flexibility index (Phi) is 6.34. The van der Waals surface area contributed by atoms with Gasteiger partial charge >= 0.3 is 0 Å². The maximum absolute atomic E-state index is 13.7. The third-order valence-electron chi connectivity index (χ3n) is 10.6. The summed E-state index contributed by atoms with van der Waals surface area (Å²) in [4.78, 5) is 28.1. The first-order valence-electron chi connectivity index (χ1n) is 14.2. The number of hydrogen-bond donors (Lipinski definition) is 2. The molecule has 2 aromatic rings. The van der Waals surface area contributed by atoms with Gasteiger partial charge in [0.25, 0.3) is 11.8 Å². The molecule has 7 atom stereocenters. The van der Waals surface area contributed by atoms with E-state index in [9.17, 15) is 9.59 Å². The van der Waals surface area contributed by atoms with Crippen LogP contribution < -0.4 is 10.6 Å². The third-order valence-corrected chi connectivity index (χ3v) is 11.5. The second-order valence-corrected chi connectivity index (χ2v) is 13.7. The number of hydrogen-bond acceptors (Lipinski definition) is 3. The largest absolute Gasteiger partial charge is 0.348 e. The molecule has 3 aliphatic carbocycles. The van der Waals surface area contributed by atoms with Crippen LogP contribution in [-0.2, 0) is 16.0 Å². The van der Waals surface area contributed by atoms with E-state index >= 15 is 0 Å². The van der Waals surface area contributed by atoms with Crippen molar-refractivity contribution in [3.05, 3.63) is 69.4 Å². The van der Waals surface area contributed by atoms with Crippen LogP contribution in [0.4, 0.5) is 0 Å². The summed E-state index contributed by atoms with van der Waals surface area (Å²) in [5.74, 6) is 1.58. The molecule has 4 nitrogen and oxygen atoms in total. The van der Waals surface area contributed by atoms with Crippen LogP contribution in [0.15, 0.2) is 53.4 Å². The summed E-state index contributed by atoms with van der Waals surface area (Å²) in [6.45, 7) is 6.92. The Morgan fingerprint density at radius 1 is 1.08 bits per heavy atom. The highest BCUT2D eigenvalue weighted by Gasteiger charge is 2.58. The third kappa shape index (κ3) is 4.37. The Labute approximate surface area is 225 Å². The van der Waals surface area contributed by atoms with Crippen molar-refractivity contribution < 1.29 is 9.59 Å². The standard InChI is InChI=1S/C32H40N2O2S/c1-20-8-10-21(11-9-20)18-26(27-7-5-17-37-27)33-29(35)23-19-32(3)25-14-16-31(2)15-4-6-24(31)22(25)12-13-28(32)34-30(23)36/h5,7-11,17,19,22,24-26,28H,4,6,12-16,18H2,1-3H3,(H,33,35)(H,34,36)/t22-,24-,25+,26?,28?,31-,32+/m0/s1. The summed E-state index contributed by atoms with van der Waals surface area (Å²) in [6.07, 6.45) is 11.6. The van der Waals surface area contributed by atoms with E-state index in [0.29, 0.717) is 29.2 Å². The summed E-state index contributed by atoms with van der Waals surface area (Å²) >= 11 is 1.65. The number of amides is 2.